The molecule has 0 heterocycles. The summed E-state index contributed by atoms with van der Waals surface area (Å²) in [7, 11) is 0. The molecule has 0 bridgehead atoms. The highest BCUT2D eigenvalue weighted by Crippen LogP contribution is 2.23. The zero-order valence-electron chi connectivity index (χ0n) is 11.7. The Morgan fingerprint density at radius 2 is 1.94 bits per heavy atom. The summed E-state index contributed by atoms with van der Waals surface area (Å²) in [4.78, 5) is 0. The van der Waals surface area contributed by atoms with E-state index in [1.54, 1.807) is 0 Å². The smallest absolute Gasteiger partial charge is 0.0741 e. The zero-order valence-corrected chi connectivity index (χ0v) is 11.7. The highest BCUT2D eigenvalue weighted by atomic mass is 16.5. The molecule has 0 fully saturated rings. The number of aryl methyl sites for hydroxylation is 2. The third-order valence-electron chi connectivity index (χ3n) is 3.08. The van der Waals surface area contributed by atoms with Gasteiger partial charge in [-0.15, -0.1) is 0 Å². The number of benzene rings is 1. The fraction of sp³-hybridized carbons (Fsp3) is 0.600. The van der Waals surface area contributed by atoms with Crippen LogP contribution in [0, 0.1) is 13.8 Å². The number of hydrogen-bond donors (Lipinski definition) is 1. The van der Waals surface area contributed by atoms with Crippen molar-refractivity contribution in [2.75, 3.05) is 13.2 Å². The minimum Gasteiger partial charge on any atom is -0.377 e. The normalized spacial score (nSPS) is 14.6. The summed E-state index contributed by atoms with van der Waals surface area (Å²) in [5, 5.41) is 3.52. The highest BCUT2D eigenvalue weighted by Gasteiger charge is 2.20. The van der Waals surface area contributed by atoms with Gasteiger partial charge in [0.25, 0.3) is 0 Å². The van der Waals surface area contributed by atoms with Crippen LogP contribution in [0.5, 0.6) is 0 Å². The van der Waals surface area contributed by atoms with Crippen molar-refractivity contribution in [1.29, 1.82) is 0 Å². The molecular formula is C15H25NO. The van der Waals surface area contributed by atoms with Crippen molar-refractivity contribution in [3.8, 4) is 0 Å². The summed E-state index contributed by atoms with van der Waals surface area (Å²) in [5.74, 6) is 0. The Morgan fingerprint density at radius 3 is 2.47 bits per heavy atom. The minimum atomic E-state index is 0.196. The maximum absolute atomic E-state index is 5.73. The second-order valence-corrected chi connectivity index (χ2v) is 4.56. The average Bonchev–Trinajstić information content (AvgIpc) is 2.27. The summed E-state index contributed by atoms with van der Waals surface area (Å²) in [6, 6.07) is 6.90. The van der Waals surface area contributed by atoms with Crippen LogP contribution < -0.4 is 5.32 Å². The van der Waals surface area contributed by atoms with E-state index in [9.17, 15) is 0 Å². The van der Waals surface area contributed by atoms with Crippen LogP contribution in [0.2, 0.25) is 0 Å². The van der Waals surface area contributed by atoms with Gasteiger partial charge in [-0.05, 0) is 45.4 Å². The van der Waals surface area contributed by atoms with Crippen molar-refractivity contribution in [3.05, 3.63) is 34.9 Å². The van der Waals surface area contributed by atoms with Gasteiger partial charge in [0.15, 0.2) is 0 Å². The van der Waals surface area contributed by atoms with Crippen LogP contribution in [-0.2, 0) is 4.74 Å². The van der Waals surface area contributed by atoms with E-state index < -0.39 is 0 Å². The van der Waals surface area contributed by atoms with Gasteiger partial charge in [0.05, 0.1) is 12.1 Å². The maximum atomic E-state index is 5.73. The van der Waals surface area contributed by atoms with E-state index in [1.807, 2.05) is 6.92 Å². The van der Waals surface area contributed by atoms with E-state index in [4.69, 9.17) is 4.74 Å². The molecule has 0 aromatic heterocycles. The molecule has 2 unspecified atom stereocenters. The lowest BCUT2D eigenvalue weighted by molar-refractivity contribution is 0.0475. The molecule has 2 heteroatoms. The van der Waals surface area contributed by atoms with Gasteiger partial charge in [-0.25, -0.2) is 0 Å². The van der Waals surface area contributed by atoms with Gasteiger partial charge in [0.2, 0.25) is 0 Å². The molecule has 1 rings (SSSR count). The maximum Gasteiger partial charge on any atom is 0.0741 e. The average molecular weight is 235 g/mol. The third kappa shape index (κ3) is 3.83. The Balaban J connectivity index is 2.96. The van der Waals surface area contributed by atoms with Crippen molar-refractivity contribution in [3.63, 3.8) is 0 Å². The second kappa shape index (κ2) is 6.77. The van der Waals surface area contributed by atoms with Gasteiger partial charge in [0, 0.05) is 6.61 Å². The van der Waals surface area contributed by atoms with Crippen LogP contribution in [0.3, 0.4) is 0 Å². The van der Waals surface area contributed by atoms with Gasteiger partial charge >= 0.3 is 0 Å². The summed E-state index contributed by atoms with van der Waals surface area (Å²) in [6.45, 7) is 12.3. The summed E-state index contributed by atoms with van der Waals surface area (Å²) >= 11 is 0. The molecule has 0 aliphatic rings. The lowest BCUT2D eigenvalue weighted by atomic mass is 9.96. The Bertz CT molecular complexity index is 349. The molecule has 0 saturated carbocycles. The van der Waals surface area contributed by atoms with Crippen molar-refractivity contribution >= 4 is 0 Å². The van der Waals surface area contributed by atoms with Gasteiger partial charge in [-0.3, -0.25) is 0 Å². The van der Waals surface area contributed by atoms with E-state index in [0.717, 1.165) is 13.2 Å². The van der Waals surface area contributed by atoms with Crippen molar-refractivity contribution in [2.24, 2.45) is 0 Å². The second-order valence-electron chi connectivity index (χ2n) is 4.56. The molecule has 0 radical (unpaired) electrons. The third-order valence-corrected chi connectivity index (χ3v) is 3.08. The van der Waals surface area contributed by atoms with Crippen LogP contribution in [0.25, 0.3) is 0 Å². The Hall–Kier alpha value is -0.860. The fourth-order valence-corrected chi connectivity index (χ4v) is 2.28. The van der Waals surface area contributed by atoms with Crippen molar-refractivity contribution in [2.45, 2.75) is 46.8 Å². The number of ether oxygens (including phenoxy) is 1. The predicted octanol–water partition coefficient (Wildman–Crippen LogP) is 3.38. The molecule has 96 valence electrons. The Kier molecular flexibility index (Phi) is 5.66. The quantitative estimate of drug-likeness (QED) is 0.816. The summed E-state index contributed by atoms with van der Waals surface area (Å²) in [6.07, 6.45) is 0.196. The molecule has 17 heavy (non-hydrogen) atoms. The SMILES string of the molecule is CCNC(c1ccc(C)cc1C)C(C)OCC. The van der Waals surface area contributed by atoms with Gasteiger partial charge in [-0.1, -0.05) is 30.7 Å². The van der Waals surface area contributed by atoms with Crippen LogP contribution in [0.15, 0.2) is 18.2 Å². The van der Waals surface area contributed by atoms with E-state index >= 15 is 0 Å². The van der Waals surface area contributed by atoms with Gasteiger partial charge < -0.3 is 10.1 Å². The largest absolute Gasteiger partial charge is 0.377 e. The number of nitrogens with one attached hydrogen (secondary N) is 1. The minimum absolute atomic E-state index is 0.196. The summed E-state index contributed by atoms with van der Waals surface area (Å²) in [5.41, 5.74) is 3.99. The van der Waals surface area contributed by atoms with Gasteiger partial charge in [0.1, 0.15) is 0 Å². The molecule has 1 aromatic carbocycles. The Labute approximate surface area is 105 Å². The molecule has 0 aliphatic heterocycles. The first-order valence-electron chi connectivity index (χ1n) is 6.52. The zero-order chi connectivity index (χ0) is 12.8. The Morgan fingerprint density at radius 1 is 1.24 bits per heavy atom. The molecule has 1 aromatic rings. The lowest BCUT2D eigenvalue weighted by Gasteiger charge is -2.26. The molecular weight excluding hydrogens is 210 g/mol. The number of hydrogen-bond acceptors (Lipinski definition) is 2. The summed E-state index contributed by atoms with van der Waals surface area (Å²) < 4.78 is 5.73. The highest BCUT2D eigenvalue weighted by molar-refractivity contribution is 5.33. The molecule has 1 N–H and O–H groups in total. The van der Waals surface area contributed by atoms with Crippen molar-refractivity contribution in [1.82, 2.24) is 5.32 Å². The van der Waals surface area contributed by atoms with Crippen LogP contribution in [0.4, 0.5) is 0 Å². The van der Waals surface area contributed by atoms with Crippen molar-refractivity contribution < 1.29 is 4.74 Å². The fourth-order valence-electron chi connectivity index (χ4n) is 2.28. The number of rotatable bonds is 6. The number of likely N-dealkylation sites (N-methyl/N-ethyl adjacent to an activating group) is 1. The van der Waals surface area contributed by atoms with E-state index in [1.165, 1.54) is 16.7 Å². The molecule has 2 atom stereocenters. The first-order chi connectivity index (χ1) is 8.10. The molecule has 0 aliphatic carbocycles. The molecule has 0 spiro atoms. The van der Waals surface area contributed by atoms with Crippen LogP contribution in [-0.4, -0.2) is 19.3 Å². The molecule has 2 nitrogen and oxygen atoms in total. The molecule has 0 amide bonds. The van der Waals surface area contributed by atoms with Crippen LogP contribution in [0.1, 0.15) is 43.5 Å². The standard InChI is InChI=1S/C15H25NO/c1-6-16-15(13(5)17-7-2)14-9-8-11(3)10-12(14)4/h8-10,13,15-16H,6-7H2,1-5H3. The first kappa shape index (κ1) is 14.2. The molecule has 0 saturated heterocycles. The predicted molar refractivity (Wildman–Crippen MR) is 73.4 cm³/mol. The van der Waals surface area contributed by atoms with Gasteiger partial charge in [-0.2, -0.15) is 0 Å². The van der Waals surface area contributed by atoms with E-state index in [2.05, 4.69) is 51.2 Å². The van der Waals surface area contributed by atoms with E-state index in [-0.39, 0.29) is 12.1 Å². The van der Waals surface area contributed by atoms with Crippen LogP contribution >= 0.6 is 0 Å². The monoisotopic (exact) mass is 235 g/mol. The topological polar surface area (TPSA) is 21.3 Å². The first-order valence-corrected chi connectivity index (χ1v) is 6.52. The van der Waals surface area contributed by atoms with E-state index in [0.29, 0.717) is 0 Å². The lowest BCUT2D eigenvalue weighted by Crippen LogP contribution is -2.32.